The molecule has 0 fully saturated rings. The molecule has 0 unspecified atom stereocenters. The lowest BCUT2D eigenvalue weighted by Gasteiger charge is -2.09. The molecule has 1 aromatic heterocycles. The summed E-state index contributed by atoms with van der Waals surface area (Å²) in [5.74, 6) is 0.355. The van der Waals surface area contributed by atoms with Gasteiger partial charge >= 0.3 is 6.18 Å². The van der Waals surface area contributed by atoms with Crippen LogP contribution in [0, 0.1) is 0 Å². The topological polar surface area (TPSA) is 57.4 Å². The fourth-order valence-electron chi connectivity index (χ4n) is 1.06. The quantitative estimate of drug-likeness (QED) is 0.614. The summed E-state index contributed by atoms with van der Waals surface area (Å²) in [4.78, 5) is 4.01. The fourth-order valence-corrected chi connectivity index (χ4v) is 1.06. The molecule has 1 rings (SSSR count). The van der Waals surface area contributed by atoms with E-state index in [1.54, 1.807) is 12.1 Å². The van der Waals surface area contributed by atoms with Gasteiger partial charge in [0.15, 0.2) is 6.79 Å². The maximum Gasteiger partial charge on any atom is 0.411 e. The zero-order valence-electron chi connectivity index (χ0n) is 9.04. The molecule has 0 saturated heterocycles. The lowest BCUT2D eigenvalue weighted by atomic mass is 10.3. The number of hydrogen-bond acceptors (Lipinski definition) is 4. The highest BCUT2D eigenvalue weighted by atomic mass is 19.4. The third-order valence-electron chi connectivity index (χ3n) is 1.77. The van der Waals surface area contributed by atoms with E-state index in [1.807, 2.05) is 0 Å². The van der Waals surface area contributed by atoms with Crippen molar-refractivity contribution in [2.24, 2.45) is 5.73 Å². The Kier molecular flexibility index (Phi) is 5.17. The van der Waals surface area contributed by atoms with Crippen LogP contribution in [0.2, 0.25) is 0 Å². The maximum absolute atomic E-state index is 11.7. The summed E-state index contributed by atoms with van der Waals surface area (Å²) in [5, 5.41) is 0. The van der Waals surface area contributed by atoms with E-state index in [4.69, 9.17) is 10.5 Å². The molecule has 17 heavy (non-hydrogen) atoms. The first kappa shape index (κ1) is 13.7. The van der Waals surface area contributed by atoms with Crippen LogP contribution < -0.4 is 10.5 Å². The zero-order valence-corrected chi connectivity index (χ0v) is 9.04. The Morgan fingerprint density at radius 1 is 1.29 bits per heavy atom. The van der Waals surface area contributed by atoms with Gasteiger partial charge in [-0.15, -0.1) is 0 Å². The van der Waals surface area contributed by atoms with E-state index in [2.05, 4.69) is 9.72 Å². The maximum atomic E-state index is 11.7. The summed E-state index contributed by atoms with van der Waals surface area (Å²) < 4.78 is 44.3. The summed E-state index contributed by atoms with van der Waals surface area (Å²) in [6, 6.07) is 3.31. The molecule has 0 spiro atoms. The number of aromatic nitrogens is 1. The van der Waals surface area contributed by atoms with Gasteiger partial charge in [-0.05, 0) is 18.7 Å². The van der Waals surface area contributed by atoms with Crippen LogP contribution in [0.15, 0.2) is 18.3 Å². The molecular weight excluding hydrogens is 237 g/mol. The molecule has 4 nitrogen and oxygen atoms in total. The summed E-state index contributed by atoms with van der Waals surface area (Å²) in [5.41, 5.74) is 6.14. The predicted molar refractivity (Wildman–Crippen MR) is 54.5 cm³/mol. The molecule has 0 aliphatic heterocycles. The highest BCUT2D eigenvalue weighted by Crippen LogP contribution is 2.15. The van der Waals surface area contributed by atoms with Gasteiger partial charge in [0.1, 0.15) is 12.4 Å². The van der Waals surface area contributed by atoms with E-state index in [-0.39, 0.29) is 0 Å². The van der Waals surface area contributed by atoms with E-state index in [0.717, 1.165) is 5.69 Å². The number of halogens is 3. The van der Waals surface area contributed by atoms with Gasteiger partial charge in [0.2, 0.25) is 0 Å². The number of pyridine rings is 1. The lowest BCUT2D eigenvalue weighted by molar-refractivity contribution is -0.186. The van der Waals surface area contributed by atoms with Crippen LogP contribution in [0.3, 0.4) is 0 Å². The van der Waals surface area contributed by atoms with Crippen molar-refractivity contribution in [3.05, 3.63) is 24.0 Å². The van der Waals surface area contributed by atoms with Crippen molar-refractivity contribution in [3.63, 3.8) is 0 Å². The normalized spacial score (nSPS) is 11.5. The molecule has 7 heteroatoms. The van der Waals surface area contributed by atoms with E-state index < -0.39 is 19.6 Å². The number of nitrogens with zero attached hydrogens (tertiary/aromatic N) is 1. The Balaban J connectivity index is 2.27. The van der Waals surface area contributed by atoms with Crippen LogP contribution in [0.25, 0.3) is 0 Å². The van der Waals surface area contributed by atoms with Gasteiger partial charge in [-0.2, -0.15) is 13.2 Å². The predicted octanol–water partition coefficient (Wildman–Crippen LogP) is 1.50. The van der Waals surface area contributed by atoms with Gasteiger partial charge in [0.25, 0.3) is 0 Å². The van der Waals surface area contributed by atoms with E-state index in [0.29, 0.717) is 18.7 Å². The summed E-state index contributed by atoms with van der Waals surface area (Å²) in [6.45, 7) is -1.30. The Morgan fingerprint density at radius 3 is 2.59 bits per heavy atom. The van der Waals surface area contributed by atoms with Gasteiger partial charge in [0.05, 0.1) is 6.20 Å². The molecule has 96 valence electrons. The average Bonchev–Trinajstić information content (AvgIpc) is 2.26. The number of rotatable bonds is 6. The molecule has 0 bridgehead atoms. The number of alkyl halides is 3. The van der Waals surface area contributed by atoms with Gasteiger partial charge < -0.3 is 15.2 Å². The molecule has 0 radical (unpaired) electrons. The minimum atomic E-state index is -4.34. The van der Waals surface area contributed by atoms with Crippen LogP contribution in [0.1, 0.15) is 5.69 Å². The van der Waals surface area contributed by atoms with Gasteiger partial charge in [-0.1, -0.05) is 0 Å². The number of ether oxygens (including phenoxy) is 2. The number of hydrogen-bond donors (Lipinski definition) is 1. The SMILES string of the molecule is NCCc1ccc(OCOCC(F)(F)F)cn1. The van der Waals surface area contributed by atoms with Gasteiger partial charge in [-0.3, -0.25) is 4.98 Å². The van der Waals surface area contributed by atoms with Crippen molar-refractivity contribution >= 4 is 0 Å². The fraction of sp³-hybridized carbons (Fsp3) is 0.500. The van der Waals surface area contributed by atoms with Crippen LogP contribution in [-0.2, 0) is 11.2 Å². The summed E-state index contributed by atoms with van der Waals surface area (Å²) in [7, 11) is 0. The van der Waals surface area contributed by atoms with Crippen molar-refractivity contribution in [2.45, 2.75) is 12.6 Å². The minimum absolute atomic E-state index is 0.355. The van der Waals surface area contributed by atoms with Crippen LogP contribution in [-0.4, -0.2) is 31.1 Å². The van der Waals surface area contributed by atoms with E-state index >= 15 is 0 Å². The molecule has 2 N–H and O–H groups in total. The number of nitrogens with two attached hydrogens (primary N) is 1. The molecule has 1 heterocycles. The molecule has 0 aromatic carbocycles. The summed E-state index contributed by atoms with van der Waals surface area (Å²) in [6.07, 6.45) is -2.28. The zero-order chi connectivity index (χ0) is 12.7. The van der Waals surface area contributed by atoms with Crippen molar-refractivity contribution in [3.8, 4) is 5.75 Å². The smallest absolute Gasteiger partial charge is 0.411 e. The van der Waals surface area contributed by atoms with Crippen LogP contribution in [0.4, 0.5) is 13.2 Å². The molecule has 0 saturated carbocycles. The second-order valence-electron chi connectivity index (χ2n) is 3.25. The van der Waals surface area contributed by atoms with Gasteiger partial charge in [-0.25, -0.2) is 0 Å². The molecule has 0 aliphatic carbocycles. The molecule has 0 aliphatic rings. The first-order valence-corrected chi connectivity index (χ1v) is 4.93. The van der Waals surface area contributed by atoms with Crippen molar-refractivity contribution in [1.82, 2.24) is 4.98 Å². The molecule has 1 aromatic rings. The third kappa shape index (κ3) is 6.08. The minimum Gasteiger partial charge on any atom is -0.466 e. The molecule has 0 atom stereocenters. The first-order chi connectivity index (χ1) is 8.01. The Morgan fingerprint density at radius 2 is 2.06 bits per heavy atom. The first-order valence-electron chi connectivity index (χ1n) is 4.93. The van der Waals surface area contributed by atoms with Crippen molar-refractivity contribution < 1.29 is 22.6 Å². The van der Waals surface area contributed by atoms with Crippen LogP contribution in [0.5, 0.6) is 5.75 Å². The monoisotopic (exact) mass is 250 g/mol. The second-order valence-corrected chi connectivity index (χ2v) is 3.25. The van der Waals surface area contributed by atoms with Crippen LogP contribution >= 0.6 is 0 Å². The van der Waals surface area contributed by atoms with E-state index in [9.17, 15) is 13.2 Å². The Bertz CT molecular complexity index is 327. The third-order valence-corrected chi connectivity index (χ3v) is 1.77. The Hall–Kier alpha value is -1.34. The average molecular weight is 250 g/mol. The highest BCUT2D eigenvalue weighted by Gasteiger charge is 2.27. The molecule has 0 amide bonds. The van der Waals surface area contributed by atoms with Crippen molar-refractivity contribution in [2.75, 3.05) is 19.9 Å². The van der Waals surface area contributed by atoms with E-state index in [1.165, 1.54) is 6.20 Å². The highest BCUT2D eigenvalue weighted by molar-refractivity contribution is 5.19. The lowest BCUT2D eigenvalue weighted by Crippen LogP contribution is -2.19. The molecular formula is C10H13F3N2O2. The van der Waals surface area contributed by atoms with Crippen molar-refractivity contribution in [1.29, 1.82) is 0 Å². The Labute approximate surface area is 96.5 Å². The largest absolute Gasteiger partial charge is 0.466 e. The van der Waals surface area contributed by atoms with Gasteiger partial charge in [0, 0.05) is 12.1 Å². The standard InChI is InChI=1S/C10H13F3N2O2/c11-10(12,13)6-16-7-17-9-2-1-8(3-4-14)15-5-9/h1-2,5H,3-4,6-7,14H2. The second kappa shape index (κ2) is 6.41. The summed E-state index contributed by atoms with van der Waals surface area (Å²) >= 11 is 0.